The third-order valence-corrected chi connectivity index (χ3v) is 9.12. The molecule has 0 aromatic rings. The molecule has 0 radical (unpaired) electrons. The van der Waals surface area contributed by atoms with Crippen LogP contribution in [0, 0.1) is 5.92 Å². The van der Waals surface area contributed by atoms with Crippen molar-refractivity contribution in [3.63, 3.8) is 0 Å². The lowest BCUT2D eigenvalue weighted by Gasteiger charge is -2.21. The fourth-order valence-electron chi connectivity index (χ4n) is 6.38. The molecular formula is C41H81N. The summed E-state index contributed by atoms with van der Waals surface area (Å²) in [5, 5.41) is 0. The molecule has 0 aromatic heterocycles. The topological polar surface area (TPSA) is 3.24 Å². The summed E-state index contributed by atoms with van der Waals surface area (Å²) in [5.74, 6) is 0.917. The van der Waals surface area contributed by atoms with Crippen LogP contribution in [0.4, 0.5) is 0 Å². The highest BCUT2D eigenvalue weighted by Gasteiger charge is 2.09. The summed E-state index contributed by atoms with van der Waals surface area (Å²) in [4.78, 5) is 2.42. The fourth-order valence-corrected chi connectivity index (χ4v) is 6.38. The van der Waals surface area contributed by atoms with Gasteiger partial charge in [0.25, 0.3) is 0 Å². The molecule has 0 aliphatic rings. The second-order valence-corrected chi connectivity index (χ2v) is 13.9. The summed E-state index contributed by atoms with van der Waals surface area (Å²) in [7, 11) is 4.53. The molecule has 0 bridgehead atoms. The summed E-state index contributed by atoms with van der Waals surface area (Å²) in [6.07, 6.45) is 53.6. The molecule has 0 rings (SSSR count). The molecule has 0 N–H and O–H groups in total. The van der Waals surface area contributed by atoms with E-state index in [2.05, 4.69) is 57.1 Å². The van der Waals surface area contributed by atoms with E-state index in [9.17, 15) is 0 Å². The van der Waals surface area contributed by atoms with Crippen LogP contribution in [0.25, 0.3) is 0 Å². The number of rotatable bonds is 35. The van der Waals surface area contributed by atoms with Gasteiger partial charge in [0.15, 0.2) is 0 Å². The van der Waals surface area contributed by atoms with Crippen LogP contribution in [0.1, 0.15) is 213 Å². The molecule has 1 nitrogen and oxygen atoms in total. The average molecular weight is 588 g/mol. The van der Waals surface area contributed by atoms with E-state index in [1.807, 2.05) is 0 Å². The number of hydrogen-bond donors (Lipinski definition) is 0. The lowest BCUT2D eigenvalue weighted by Crippen LogP contribution is -2.21. The predicted octanol–water partition coefficient (Wildman–Crippen LogP) is 14.4. The first-order valence-electron chi connectivity index (χ1n) is 19.6. The summed E-state index contributed by atoms with van der Waals surface area (Å²) in [6.45, 7) is 5.89. The second kappa shape index (κ2) is 36.6. The van der Waals surface area contributed by atoms with Gasteiger partial charge < -0.3 is 4.90 Å². The molecule has 250 valence electrons. The van der Waals surface area contributed by atoms with Crippen molar-refractivity contribution in [3.8, 4) is 0 Å². The predicted molar refractivity (Wildman–Crippen MR) is 195 cm³/mol. The second-order valence-electron chi connectivity index (χ2n) is 13.9. The minimum atomic E-state index is 0.917. The van der Waals surface area contributed by atoms with Gasteiger partial charge in [-0.1, -0.05) is 173 Å². The Morgan fingerprint density at radius 3 is 0.905 bits per heavy atom. The van der Waals surface area contributed by atoms with Crippen molar-refractivity contribution in [1.82, 2.24) is 4.90 Å². The van der Waals surface area contributed by atoms with E-state index in [0.717, 1.165) is 5.92 Å². The summed E-state index contributed by atoms with van der Waals surface area (Å²) >= 11 is 0. The van der Waals surface area contributed by atoms with Gasteiger partial charge in [-0.2, -0.15) is 0 Å². The van der Waals surface area contributed by atoms with Gasteiger partial charge in [0.05, 0.1) is 0 Å². The Kier molecular flexibility index (Phi) is 36.1. The normalized spacial score (nSPS) is 12.9. The van der Waals surface area contributed by atoms with Gasteiger partial charge in [-0.25, -0.2) is 0 Å². The lowest BCUT2D eigenvalue weighted by molar-refractivity contribution is 0.286. The van der Waals surface area contributed by atoms with Crippen molar-refractivity contribution in [2.45, 2.75) is 213 Å². The van der Waals surface area contributed by atoms with Crippen molar-refractivity contribution in [2.24, 2.45) is 5.92 Å². The number of hydrogen-bond acceptors (Lipinski definition) is 1. The zero-order chi connectivity index (χ0) is 30.6. The van der Waals surface area contributed by atoms with E-state index in [1.165, 1.54) is 206 Å². The van der Waals surface area contributed by atoms with Crippen LogP contribution in [-0.4, -0.2) is 25.5 Å². The molecule has 0 aliphatic heterocycles. The monoisotopic (exact) mass is 588 g/mol. The Balaban J connectivity index is 3.54. The molecule has 0 aliphatic carbocycles. The first-order chi connectivity index (χ1) is 20.7. The van der Waals surface area contributed by atoms with Crippen LogP contribution in [0.5, 0.6) is 0 Å². The molecule has 0 aromatic carbocycles. The van der Waals surface area contributed by atoms with Gasteiger partial charge in [-0.15, -0.1) is 0 Å². The van der Waals surface area contributed by atoms with Crippen molar-refractivity contribution >= 4 is 0 Å². The van der Waals surface area contributed by atoms with E-state index in [-0.39, 0.29) is 0 Å². The van der Waals surface area contributed by atoms with E-state index < -0.39 is 0 Å². The van der Waals surface area contributed by atoms with Gasteiger partial charge in [0.2, 0.25) is 0 Å². The van der Waals surface area contributed by atoms with Gasteiger partial charge >= 0.3 is 0 Å². The Labute approximate surface area is 268 Å². The quantitative estimate of drug-likeness (QED) is 0.0526. The van der Waals surface area contributed by atoms with Crippen molar-refractivity contribution in [2.75, 3.05) is 20.6 Å². The molecule has 1 unspecified atom stereocenters. The smallest absolute Gasteiger partial charge is 0.000356 e. The maximum atomic E-state index is 2.45. The van der Waals surface area contributed by atoms with Crippen LogP contribution < -0.4 is 0 Å². The first-order valence-corrected chi connectivity index (χ1v) is 19.6. The maximum Gasteiger partial charge on any atom is 0.000356 e. The molecule has 0 amide bonds. The first kappa shape index (κ1) is 41.4. The van der Waals surface area contributed by atoms with Crippen LogP contribution >= 0.6 is 0 Å². The van der Waals surface area contributed by atoms with Crippen molar-refractivity contribution in [1.29, 1.82) is 0 Å². The van der Waals surface area contributed by atoms with Gasteiger partial charge in [-0.05, 0) is 84.2 Å². The zero-order valence-corrected chi connectivity index (χ0v) is 30.0. The molecule has 1 heteroatoms. The molecular weight excluding hydrogens is 506 g/mol. The number of nitrogens with zero attached hydrogens (tertiary/aromatic N) is 1. The van der Waals surface area contributed by atoms with Gasteiger partial charge in [0, 0.05) is 6.54 Å². The highest BCUT2D eigenvalue weighted by Crippen LogP contribution is 2.20. The molecule has 0 saturated carbocycles. The van der Waals surface area contributed by atoms with Crippen molar-refractivity contribution in [3.05, 3.63) is 24.3 Å². The van der Waals surface area contributed by atoms with E-state index in [4.69, 9.17) is 0 Å². The minimum Gasteiger partial charge on any atom is -0.309 e. The van der Waals surface area contributed by atoms with E-state index >= 15 is 0 Å². The van der Waals surface area contributed by atoms with Crippen LogP contribution in [0.3, 0.4) is 0 Å². The zero-order valence-electron chi connectivity index (χ0n) is 30.0. The molecule has 0 spiro atoms. The van der Waals surface area contributed by atoms with Crippen LogP contribution in [0.15, 0.2) is 24.3 Å². The largest absolute Gasteiger partial charge is 0.309 e. The third-order valence-electron chi connectivity index (χ3n) is 9.12. The molecule has 1 atom stereocenters. The number of unbranched alkanes of at least 4 members (excludes halogenated alkanes) is 25. The van der Waals surface area contributed by atoms with Gasteiger partial charge in [-0.3, -0.25) is 0 Å². The SMILES string of the molecule is CCCCCCCCC=CCCCCCCCCCC(CCCCCCCCC=CCCCCCCCC)CN(C)C. The third kappa shape index (κ3) is 35.6. The standard InChI is InChI=1S/C41H81N/c1-5-7-9-11-13-15-17-19-21-23-25-27-29-31-33-35-37-39-41(40-42(3)4)38-36-34-32-30-28-26-24-22-20-18-16-14-12-10-8-6-2/h19-22,41H,5-18,23-40H2,1-4H3. The molecule has 0 fully saturated rings. The Bertz CT molecular complexity index is 533. The minimum absolute atomic E-state index is 0.917. The van der Waals surface area contributed by atoms with E-state index in [1.54, 1.807) is 0 Å². The summed E-state index contributed by atoms with van der Waals surface area (Å²) < 4.78 is 0. The van der Waals surface area contributed by atoms with Crippen LogP contribution in [-0.2, 0) is 0 Å². The molecule has 0 heterocycles. The molecule has 42 heavy (non-hydrogen) atoms. The maximum absolute atomic E-state index is 2.45. The highest BCUT2D eigenvalue weighted by atomic mass is 15.1. The van der Waals surface area contributed by atoms with Gasteiger partial charge in [0.1, 0.15) is 0 Å². The molecule has 0 saturated heterocycles. The lowest BCUT2D eigenvalue weighted by atomic mass is 9.93. The average Bonchev–Trinajstić information content (AvgIpc) is 2.98. The Hall–Kier alpha value is -0.560. The Morgan fingerprint density at radius 1 is 0.357 bits per heavy atom. The van der Waals surface area contributed by atoms with Crippen molar-refractivity contribution < 1.29 is 0 Å². The fraction of sp³-hybridized carbons (Fsp3) is 0.902. The van der Waals surface area contributed by atoms with E-state index in [0.29, 0.717) is 0 Å². The van der Waals surface area contributed by atoms with Crippen LogP contribution in [0.2, 0.25) is 0 Å². The highest BCUT2D eigenvalue weighted by molar-refractivity contribution is 4.82. The Morgan fingerprint density at radius 2 is 0.619 bits per heavy atom. The summed E-state index contributed by atoms with van der Waals surface area (Å²) in [5.41, 5.74) is 0. The number of allylic oxidation sites excluding steroid dienone is 4. The summed E-state index contributed by atoms with van der Waals surface area (Å²) in [6, 6.07) is 0.